The number of carbonyl (C=O) groups is 2. The summed E-state index contributed by atoms with van der Waals surface area (Å²) in [6, 6.07) is 13.2. The van der Waals surface area contributed by atoms with Gasteiger partial charge >= 0.3 is 0 Å². The Morgan fingerprint density at radius 2 is 1.81 bits per heavy atom. The molecule has 0 saturated carbocycles. The van der Waals surface area contributed by atoms with Gasteiger partial charge in [0.2, 0.25) is 0 Å². The zero-order valence-electron chi connectivity index (χ0n) is 19.5. The first-order valence-electron chi connectivity index (χ1n) is 11.1. The average Bonchev–Trinajstić information content (AvgIpc) is 3.43. The second-order valence-corrected chi connectivity index (χ2v) is 8.67. The van der Waals surface area contributed by atoms with Crippen LogP contribution in [0.4, 0.5) is 0 Å². The van der Waals surface area contributed by atoms with Crippen LogP contribution in [0.25, 0.3) is 16.7 Å². The van der Waals surface area contributed by atoms with Gasteiger partial charge in [0.05, 0.1) is 36.4 Å². The number of pyridine rings is 1. The van der Waals surface area contributed by atoms with Crippen molar-refractivity contribution in [3.05, 3.63) is 94.4 Å². The molecular formula is C27H22ClN3O5. The van der Waals surface area contributed by atoms with Gasteiger partial charge in [0.1, 0.15) is 17.3 Å². The lowest BCUT2D eigenvalue weighted by molar-refractivity contribution is -0.140. The zero-order chi connectivity index (χ0) is 25.4. The lowest BCUT2D eigenvalue weighted by atomic mass is 9.94. The first kappa shape index (κ1) is 23.4. The number of methoxy groups -OCH3 is 2. The maximum absolute atomic E-state index is 13.5. The molecule has 1 amide bonds. The van der Waals surface area contributed by atoms with Crippen molar-refractivity contribution in [2.24, 2.45) is 0 Å². The van der Waals surface area contributed by atoms with Gasteiger partial charge in [-0.05, 0) is 29.8 Å². The van der Waals surface area contributed by atoms with Crippen molar-refractivity contribution in [3.63, 3.8) is 0 Å². The van der Waals surface area contributed by atoms with E-state index in [9.17, 15) is 14.7 Å². The van der Waals surface area contributed by atoms with E-state index in [4.69, 9.17) is 21.1 Å². The number of hydrogen-bond acceptors (Lipinski definition) is 6. The first-order chi connectivity index (χ1) is 17.4. The molecule has 1 unspecified atom stereocenters. The summed E-state index contributed by atoms with van der Waals surface area (Å²) < 4.78 is 10.7. The number of amides is 1. The molecule has 4 aromatic rings. The van der Waals surface area contributed by atoms with E-state index >= 15 is 0 Å². The van der Waals surface area contributed by atoms with E-state index in [2.05, 4.69) is 9.97 Å². The summed E-state index contributed by atoms with van der Waals surface area (Å²) in [6.07, 6.45) is 5.00. The van der Waals surface area contributed by atoms with Crippen LogP contribution in [0.1, 0.15) is 22.7 Å². The number of fused-ring (bicyclic) bond motifs is 1. The quantitative estimate of drug-likeness (QED) is 0.221. The van der Waals surface area contributed by atoms with Crippen LogP contribution >= 0.6 is 11.6 Å². The number of likely N-dealkylation sites (tertiary alicyclic amines) is 1. The smallest absolute Gasteiger partial charge is 0.295 e. The number of rotatable bonds is 6. The zero-order valence-corrected chi connectivity index (χ0v) is 20.2. The van der Waals surface area contributed by atoms with Gasteiger partial charge < -0.3 is 24.5 Å². The highest BCUT2D eigenvalue weighted by Gasteiger charge is 2.47. The fourth-order valence-electron chi connectivity index (χ4n) is 4.56. The third-order valence-corrected chi connectivity index (χ3v) is 6.58. The molecule has 0 spiro atoms. The van der Waals surface area contributed by atoms with Gasteiger partial charge in [-0.25, -0.2) is 0 Å². The summed E-state index contributed by atoms with van der Waals surface area (Å²) in [7, 11) is 2.87. The van der Waals surface area contributed by atoms with E-state index in [0.717, 1.165) is 16.5 Å². The predicted molar refractivity (Wildman–Crippen MR) is 135 cm³/mol. The standard InChI is InChI=1S/C27H22ClN3O5/c1-35-21-12-19(28)22(36-2)11-17(21)25(32)23-24(18-13-30-20-6-4-3-5-16(18)20)31(27(34)26(23)33)14-15-7-9-29-10-8-15/h3-13,24,30,32H,14H2,1-2H3/b25-23+. The Balaban J connectivity index is 1.75. The van der Waals surface area contributed by atoms with Crippen LogP contribution in [0.15, 0.2) is 72.7 Å². The number of H-pyrrole nitrogens is 1. The number of aliphatic hydroxyl groups is 1. The third kappa shape index (κ3) is 3.85. The van der Waals surface area contributed by atoms with Crippen molar-refractivity contribution in [1.82, 2.24) is 14.9 Å². The Kier molecular flexibility index (Phi) is 6.12. The Bertz CT molecular complexity index is 1510. The number of Topliss-reactive ketones (excluding diaryl/α,β-unsaturated/α-hetero) is 1. The topological polar surface area (TPSA) is 105 Å². The maximum Gasteiger partial charge on any atom is 0.295 e. The second kappa shape index (κ2) is 9.39. The second-order valence-electron chi connectivity index (χ2n) is 8.26. The van der Waals surface area contributed by atoms with E-state index in [1.165, 1.54) is 31.3 Å². The first-order valence-corrected chi connectivity index (χ1v) is 11.5. The Hall–Kier alpha value is -4.30. The van der Waals surface area contributed by atoms with E-state index in [1.807, 2.05) is 24.3 Å². The summed E-state index contributed by atoms with van der Waals surface area (Å²) >= 11 is 6.24. The highest BCUT2D eigenvalue weighted by molar-refractivity contribution is 6.46. The number of nitrogens with zero attached hydrogens (tertiary/aromatic N) is 2. The predicted octanol–water partition coefficient (Wildman–Crippen LogP) is 4.86. The molecule has 36 heavy (non-hydrogen) atoms. The largest absolute Gasteiger partial charge is 0.507 e. The average molecular weight is 504 g/mol. The van der Waals surface area contributed by atoms with Crippen LogP contribution in [-0.2, 0) is 16.1 Å². The molecule has 2 N–H and O–H groups in total. The van der Waals surface area contributed by atoms with Gasteiger partial charge in [-0.2, -0.15) is 0 Å². The molecule has 0 radical (unpaired) electrons. The molecule has 2 aromatic heterocycles. The van der Waals surface area contributed by atoms with Crippen LogP contribution < -0.4 is 9.47 Å². The monoisotopic (exact) mass is 503 g/mol. The number of nitrogens with one attached hydrogen (secondary N) is 1. The molecule has 8 nitrogen and oxygen atoms in total. The molecule has 1 aliphatic heterocycles. The molecule has 1 fully saturated rings. The van der Waals surface area contributed by atoms with E-state index in [-0.39, 0.29) is 40.0 Å². The summed E-state index contributed by atoms with van der Waals surface area (Å²) in [5, 5.41) is 12.6. The van der Waals surface area contributed by atoms with E-state index in [1.54, 1.807) is 30.7 Å². The normalized spacial score (nSPS) is 17.1. The summed E-state index contributed by atoms with van der Waals surface area (Å²) in [6.45, 7) is 0.148. The molecule has 9 heteroatoms. The van der Waals surface area contributed by atoms with Gasteiger partial charge in [-0.15, -0.1) is 0 Å². The van der Waals surface area contributed by atoms with Crippen molar-refractivity contribution < 1.29 is 24.2 Å². The summed E-state index contributed by atoms with van der Waals surface area (Å²) in [4.78, 5) is 35.5. The number of benzene rings is 2. The number of ketones is 1. The molecule has 0 aliphatic carbocycles. The minimum atomic E-state index is -0.860. The Labute approximate surface area is 211 Å². The van der Waals surface area contributed by atoms with Crippen molar-refractivity contribution in [3.8, 4) is 11.5 Å². The SMILES string of the molecule is COc1cc(/C(O)=C2\C(=O)C(=O)N(Cc3ccncc3)C2c2c[nH]c3ccccc23)c(OC)cc1Cl. The third-order valence-electron chi connectivity index (χ3n) is 6.29. The fourth-order valence-corrected chi connectivity index (χ4v) is 4.79. The number of aromatic amines is 1. The molecule has 1 saturated heterocycles. The minimum absolute atomic E-state index is 0.0542. The Morgan fingerprint density at radius 3 is 2.53 bits per heavy atom. The van der Waals surface area contributed by atoms with Crippen LogP contribution in [0, 0.1) is 0 Å². The summed E-state index contributed by atoms with van der Waals surface area (Å²) in [5.74, 6) is -1.38. The van der Waals surface area contributed by atoms with E-state index < -0.39 is 17.7 Å². The van der Waals surface area contributed by atoms with Gasteiger partial charge in [0.25, 0.3) is 11.7 Å². The van der Waals surface area contributed by atoms with Crippen LogP contribution in [-0.4, -0.2) is 45.9 Å². The number of aliphatic hydroxyl groups excluding tert-OH is 1. The number of para-hydroxylation sites is 1. The number of hydrogen-bond donors (Lipinski definition) is 2. The van der Waals surface area contributed by atoms with Crippen LogP contribution in [0.3, 0.4) is 0 Å². The van der Waals surface area contributed by atoms with Gasteiger partial charge in [-0.3, -0.25) is 14.6 Å². The molecular weight excluding hydrogens is 482 g/mol. The number of halogens is 1. The highest BCUT2D eigenvalue weighted by Crippen LogP contribution is 2.45. The van der Waals surface area contributed by atoms with Gasteiger partial charge in [0, 0.05) is 47.7 Å². The molecule has 1 atom stereocenters. The molecule has 182 valence electrons. The van der Waals surface area contributed by atoms with E-state index in [0.29, 0.717) is 5.56 Å². The molecule has 2 aromatic carbocycles. The van der Waals surface area contributed by atoms with Gasteiger partial charge in [-0.1, -0.05) is 29.8 Å². The number of carbonyl (C=O) groups excluding carboxylic acids is 2. The maximum atomic E-state index is 13.5. The molecule has 0 bridgehead atoms. The summed E-state index contributed by atoms with van der Waals surface area (Å²) in [5.41, 5.74) is 2.45. The lowest BCUT2D eigenvalue weighted by Crippen LogP contribution is -2.29. The molecule has 5 rings (SSSR count). The highest BCUT2D eigenvalue weighted by atomic mass is 35.5. The van der Waals surface area contributed by atoms with Crippen molar-refractivity contribution >= 4 is 40.0 Å². The Morgan fingerprint density at radius 1 is 1.08 bits per heavy atom. The number of aromatic nitrogens is 2. The fraction of sp³-hybridized carbons (Fsp3) is 0.148. The van der Waals surface area contributed by atoms with Crippen LogP contribution in [0.5, 0.6) is 11.5 Å². The van der Waals surface area contributed by atoms with Crippen molar-refractivity contribution in [2.45, 2.75) is 12.6 Å². The lowest BCUT2D eigenvalue weighted by Gasteiger charge is -2.25. The van der Waals surface area contributed by atoms with Crippen LogP contribution in [0.2, 0.25) is 5.02 Å². The van der Waals surface area contributed by atoms with Crippen molar-refractivity contribution in [1.29, 1.82) is 0 Å². The van der Waals surface area contributed by atoms with Crippen molar-refractivity contribution in [2.75, 3.05) is 14.2 Å². The van der Waals surface area contributed by atoms with Gasteiger partial charge in [0.15, 0.2) is 0 Å². The number of ether oxygens (including phenoxy) is 2. The molecule has 1 aliphatic rings. The minimum Gasteiger partial charge on any atom is -0.507 e. The molecule has 3 heterocycles.